The molecule has 3 rings (SSSR count). The predicted octanol–water partition coefficient (Wildman–Crippen LogP) is 5.98. The lowest BCUT2D eigenvalue weighted by molar-refractivity contribution is -0.157. The molecule has 3 aliphatic carbocycles. The Balaban J connectivity index is 1.34. The van der Waals surface area contributed by atoms with E-state index in [9.17, 15) is 9.59 Å². The third-order valence-corrected chi connectivity index (χ3v) is 7.73. The molecule has 0 aromatic heterocycles. The Morgan fingerprint density at radius 1 is 0.759 bits per heavy atom. The molecular formula is C25H40O4. The molecule has 0 atom stereocenters. The first kappa shape index (κ1) is 22.4. The summed E-state index contributed by atoms with van der Waals surface area (Å²) in [6, 6.07) is 0. The van der Waals surface area contributed by atoms with Crippen LogP contribution in [0.1, 0.15) is 97.3 Å². The van der Waals surface area contributed by atoms with E-state index < -0.39 is 0 Å². The average Bonchev–Trinajstić information content (AvgIpc) is 2.75. The van der Waals surface area contributed by atoms with Gasteiger partial charge in [0.05, 0.1) is 5.92 Å². The molecule has 0 aromatic rings. The van der Waals surface area contributed by atoms with Gasteiger partial charge in [-0.05, 0) is 102 Å². The van der Waals surface area contributed by atoms with E-state index in [1.54, 1.807) is 6.08 Å². The molecule has 0 aliphatic heterocycles. The van der Waals surface area contributed by atoms with Crippen LogP contribution in [0.5, 0.6) is 0 Å². The monoisotopic (exact) mass is 404 g/mol. The van der Waals surface area contributed by atoms with Crippen LogP contribution in [0, 0.1) is 23.7 Å². The molecule has 0 radical (unpaired) electrons. The summed E-state index contributed by atoms with van der Waals surface area (Å²) >= 11 is 0. The van der Waals surface area contributed by atoms with E-state index in [2.05, 4.69) is 6.92 Å². The third kappa shape index (κ3) is 6.58. The van der Waals surface area contributed by atoms with Gasteiger partial charge in [0.15, 0.2) is 0 Å². The summed E-state index contributed by atoms with van der Waals surface area (Å²) in [5.41, 5.74) is 0. The van der Waals surface area contributed by atoms with Crippen molar-refractivity contribution in [3.05, 3.63) is 12.2 Å². The summed E-state index contributed by atoms with van der Waals surface area (Å²) in [6.07, 6.45) is 17.8. The fourth-order valence-electron chi connectivity index (χ4n) is 5.76. The lowest BCUT2D eigenvalue weighted by Crippen LogP contribution is -2.33. The largest absolute Gasteiger partial charge is 0.462 e. The Labute approximate surface area is 176 Å². The molecule has 3 fully saturated rings. The van der Waals surface area contributed by atoms with Crippen molar-refractivity contribution < 1.29 is 19.1 Å². The highest BCUT2D eigenvalue weighted by atomic mass is 16.5. The number of allylic oxidation sites excluding steroid dienone is 1. The lowest BCUT2D eigenvalue weighted by Gasteiger charge is -2.37. The fraction of sp³-hybridized carbons (Fsp3) is 0.840. The van der Waals surface area contributed by atoms with Gasteiger partial charge >= 0.3 is 11.9 Å². The zero-order valence-corrected chi connectivity index (χ0v) is 18.4. The van der Waals surface area contributed by atoms with Crippen LogP contribution < -0.4 is 0 Å². The van der Waals surface area contributed by atoms with E-state index >= 15 is 0 Å². The van der Waals surface area contributed by atoms with E-state index in [-0.39, 0.29) is 30.1 Å². The maximum Gasteiger partial charge on any atom is 0.330 e. The standard InChI is InChI=1S/C25H40O4/c1-3-5-24(26)28-22-16-12-20(13-17-22)19-8-10-21(11-9-19)25(27)29-23-14-6-18(4-2)7-15-23/h3,5,18-23H,4,6-17H2,1-2H3/b5-3+/t18-,19-,20-,21-,22-,23-. The van der Waals surface area contributed by atoms with Gasteiger partial charge in [0.1, 0.15) is 12.2 Å². The Kier molecular flexibility index (Phi) is 8.62. The third-order valence-electron chi connectivity index (χ3n) is 7.73. The maximum absolute atomic E-state index is 12.6. The summed E-state index contributed by atoms with van der Waals surface area (Å²) in [5, 5.41) is 0. The van der Waals surface area contributed by atoms with Gasteiger partial charge in [0.2, 0.25) is 0 Å². The molecule has 0 aromatic carbocycles. The number of carbonyl (C=O) groups is 2. The normalized spacial score (nSPS) is 35.9. The Morgan fingerprint density at radius 3 is 1.83 bits per heavy atom. The Hall–Kier alpha value is -1.32. The minimum Gasteiger partial charge on any atom is -0.462 e. The van der Waals surface area contributed by atoms with Crippen molar-refractivity contribution in [3.8, 4) is 0 Å². The smallest absolute Gasteiger partial charge is 0.330 e. The van der Waals surface area contributed by atoms with Crippen LogP contribution in [-0.4, -0.2) is 24.1 Å². The molecular weight excluding hydrogens is 364 g/mol. The van der Waals surface area contributed by atoms with Crippen LogP contribution in [0.3, 0.4) is 0 Å². The second-order valence-electron chi connectivity index (χ2n) is 9.57. The van der Waals surface area contributed by atoms with E-state index in [1.165, 1.54) is 25.3 Å². The lowest BCUT2D eigenvalue weighted by atomic mass is 9.70. The van der Waals surface area contributed by atoms with E-state index in [0.29, 0.717) is 0 Å². The van der Waals surface area contributed by atoms with E-state index in [4.69, 9.17) is 9.47 Å². The molecule has 0 saturated heterocycles. The van der Waals surface area contributed by atoms with Gasteiger partial charge in [-0.1, -0.05) is 19.4 Å². The van der Waals surface area contributed by atoms with Gasteiger partial charge in [0.25, 0.3) is 0 Å². The van der Waals surface area contributed by atoms with Crippen molar-refractivity contribution >= 4 is 11.9 Å². The van der Waals surface area contributed by atoms with Crippen molar-refractivity contribution in [2.45, 2.75) is 110 Å². The summed E-state index contributed by atoms with van der Waals surface area (Å²) in [4.78, 5) is 24.2. The minimum atomic E-state index is -0.210. The number of hydrogen-bond donors (Lipinski definition) is 0. The second kappa shape index (κ2) is 11.2. The molecule has 164 valence electrons. The summed E-state index contributed by atoms with van der Waals surface area (Å²) in [6.45, 7) is 4.10. The zero-order valence-electron chi connectivity index (χ0n) is 18.4. The Morgan fingerprint density at radius 2 is 1.28 bits per heavy atom. The molecule has 0 unspecified atom stereocenters. The summed E-state index contributed by atoms with van der Waals surface area (Å²) in [7, 11) is 0. The topological polar surface area (TPSA) is 52.6 Å². The van der Waals surface area contributed by atoms with Crippen molar-refractivity contribution in [2.75, 3.05) is 0 Å². The van der Waals surface area contributed by atoms with Gasteiger partial charge in [-0.25, -0.2) is 4.79 Å². The van der Waals surface area contributed by atoms with Crippen LogP contribution in [0.15, 0.2) is 12.2 Å². The molecule has 0 spiro atoms. The van der Waals surface area contributed by atoms with Crippen LogP contribution >= 0.6 is 0 Å². The number of hydrogen-bond acceptors (Lipinski definition) is 4. The van der Waals surface area contributed by atoms with Crippen molar-refractivity contribution in [1.82, 2.24) is 0 Å². The molecule has 0 bridgehead atoms. The van der Waals surface area contributed by atoms with Crippen molar-refractivity contribution in [1.29, 1.82) is 0 Å². The molecule has 29 heavy (non-hydrogen) atoms. The first-order valence-corrected chi connectivity index (χ1v) is 12.1. The predicted molar refractivity (Wildman–Crippen MR) is 114 cm³/mol. The van der Waals surface area contributed by atoms with Crippen molar-refractivity contribution in [2.24, 2.45) is 23.7 Å². The van der Waals surface area contributed by atoms with Crippen LogP contribution in [0.4, 0.5) is 0 Å². The van der Waals surface area contributed by atoms with Crippen LogP contribution in [0.2, 0.25) is 0 Å². The molecule has 3 saturated carbocycles. The molecule has 0 heterocycles. The first-order chi connectivity index (χ1) is 14.1. The van der Waals surface area contributed by atoms with Gasteiger partial charge < -0.3 is 9.47 Å². The van der Waals surface area contributed by atoms with Crippen LogP contribution in [-0.2, 0) is 19.1 Å². The van der Waals surface area contributed by atoms with Gasteiger partial charge in [-0.3, -0.25) is 4.79 Å². The van der Waals surface area contributed by atoms with Crippen LogP contribution in [0.25, 0.3) is 0 Å². The molecule has 4 heteroatoms. The van der Waals surface area contributed by atoms with Gasteiger partial charge in [-0.2, -0.15) is 0 Å². The first-order valence-electron chi connectivity index (χ1n) is 12.1. The SMILES string of the molecule is C/C=C/C(=O)O[C@H]1CC[C@H]([C@H]2CC[C@H](C(=O)O[C@H]3CC[C@H](CC)CC3)CC2)CC1. The molecule has 0 N–H and O–H groups in total. The highest BCUT2D eigenvalue weighted by molar-refractivity contribution is 5.81. The zero-order chi connectivity index (χ0) is 20.6. The molecule has 0 amide bonds. The fourth-order valence-corrected chi connectivity index (χ4v) is 5.76. The number of rotatable bonds is 6. The quantitative estimate of drug-likeness (QED) is 0.403. The second-order valence-corrected chi connectivity index (χ2v) is 9.57. The van der Waals surface area contributed by atoms with E-state index in [1.807, 2.05) is 6.92 Å². The number of esters is 2. The number of carbonyl (C=O) groups excluding carboxylic acids is 2. The Bertz CT molecular complexity index is 545. The van der Waals surface area contributed by atoms with Gasteiger partial charge in [-0.15, -0.1) is 0 Å². The van der Waals surface area contributed by atoms with E-state index in [0.717, 1.165) is 82.0 Å². The average molecular weight is 405 g/mol. The van der Waals surface area contributed by atoms with Gasteiger partial charge in [0, 0.05) is 6.08 Å². The highest BCUT2D eigenvalue weighted by Gasteiger charge is 2.35. The van der Waals surface area contributed by atoms with Crippen molar-refractivity contribution in [3.63, 3.8) is 0 Å². The summed E-state index contributed by atoms with van der Waals surface area (Å²) < 4.78 is 11.4. The molecule has 4 nitrogen and oxygen atoms in total. The molecule has 3 aliphatic rings. The highest BCUT2D eigenvalue weighted by Crippen LogP contribution is 2.41. The maximum atomic E-state index is 12.6. The summed E-state index contributed by atoms with van der Waals surface area (Å²) in [5.74, 6) is 2.27. The number of ether oxygens (including phenoxy) is 2. The minimum absolute atomic E-state index is 0.0722.